The molecule has 0 saturated carbocycles. The molecule has 0 aliphatic rings. The van der Waals surface area contributed by atoms with Gasteiger partial charge in [0.2, 0.25) is 0 Å². The van der Waals surface area contributed by atoms with Crippen LogP contribution in [0.15, 0.2) is 59.2 Å². The molecule has 3 rings (SSSR count). The number of benzene rings is 2. The van der Waals surface area contributed by atoms with E-state index in [9.17, 15) is 22.4 Å². The Kier molecular flexibility index (Phi) is 7.91. The van der Waals surface area contributed by atoms with E-state index in [1.165, 1.54) is 24.3 Å². The van der Waals surface area contributed by atoms with Gasteiger partial charge < -0.3 is 10.1 Å². The van der Waals surface area contributed by atoms with E-state index in [4.69, 9.17) is 16.3 Å². The van der Waals surface area contributed by atoms with Gasteiger partial charge in [-0.3, -0.25) is 9.48 Å². The molecule has 3 aromatic rings. The number of halogens is 6. The fourth-order valence-electron chi connectivity index (χ4n) is 2.69. The Labute approximate surface area is 194 Å². The number of rotatable bonds is 9. The summed E-state index contributed by atoms with van der Waals surface area (Å²) < 4.78 is 57.1. The minimum absolute atomic E-state index is 0.228. The first-order chi connectivity index (χ1) is 15.1. The van der Waals surface area contributed by atoms with Gasteiger partial charge in [-0.05, 0) is 51.3 Å². The predicted molar refractivity (Wildman–Crippen MR) is 115 cm³/mol. The lowest BCUT2D eigenvalue weighted by Crippen LogP contribution is -2.32. The number of anilines is 1. The van der Waals surface area contributed by atoms with E-state index in [1.807, 2.05) is 12.1 Å². The molecule has 0 spiro atoms. The Morgan fingerprint density at radius 2 is 1.91 bits per heavy atom. The molecule has 5 nitrogen and oxygen atoms in total. The number of nitrogens with zero attached hydrogens (tertiary/aromatic N) is 2. The SMILES string of the molecule is O=C(Nc1nn(Cc2ccc(Cl)cc2)cc1Br)c1cccc(COCC(F)(F)C(F)F)c1. The lowest BCUT2D eigenvalue weighted by Gasteiger charge is -2.15. The molecule has 0 saturated heterocycles. The fraction of sp³-hybridized carbons (Fsp3) is 0.238. The number of amides is 1. The minimum atomic E-state index is -4.23. The van der Waals surface area contributed by atoms with E-state index in [0.29, 0.717) is 27.4 Å². The number of hydrogen-bond donors (Lipinski definition) is 1. The van der Waals surface area contributed by atoms with Crippen molar-refractivity contribution >= 4 is 39.3 Å². The highest BCUT2D eigenvalue weighted by atomic mass is 79.9. The third-order valence-corrected chi connectivity index (χ3v) is 5.11. The third kappa shape index (κ3) is 6.54. The summed E-state index contributed by atoms with van der Waals surface area (Å²) in [5, 5.41) is 7.62. The second kappa shape index (κ2) is 10.5. The van der Waals surface area contributed by atoms with Crippen molar-refractivity contribution in [3.05, 3.63) is 80.9 Å². The largest absolute Gasteiger partial charge is 0.370 e. The van der Waals surface area contributed by atoms with Crippen LogP contribution in [0.2, 0.25) is 5.02 Å². The number of hydrogen-bond acceptors (Lipinski definition) is 3. The molecule has 32 heavy (non-hydrogen) atoms. The average Bonchev–Trinajstić information content (AvgIpc) is 3.08. The second-order valence-electron chi connectivity index (χ2n) is 6.86. The van der Waals surface area contributed by atoms with Gasteiger partial charge >= 0.3 is 12.3 Å². The molecule has 0 fully saturated rings. The zero-order chi connectivity index (χ0) is 23.3. The van der Waals surface area contributed by atoms with Crippen LogP contribution in [0.25, 0.3) is 0 Å². The first-order valence-electron chi connectivity index (χ1n) is 9.25. The zero-order valence-electron chi connectivity index (χ0n) is 16.4. The number of aromatic nitrogens is 2. The van der Waals surface area contributed by atoms with Crippen molar-refractivity contribution in [2.45, 2.75) is 25.5 Å². The van der Waals surface area contributed by atoms with Crippen LogP contribution in [0.4, 0.5) is 23.4 Å². The van der Waals surface area contributed by atoms with E-state index in [1.54, 1.807) is 23.0 Å². The first-order valence-corrected chi connectivity index (χ1v) is 10.4. The van der Waals surface area contributed by atoms with E-state index >= 15 is 0 Å². The Morgan fingerprint density at radius 3 is 2.59 bits per heavy atom. The Balaban J connectivity index is 1.61. The normalized spacial score (nSPS) is 11.7. The summed E-state index contributed by atoms with van der Waals surface area (Å²) in [5.74, 6) is -4.42. The lowest BCUT2D eigenvalue weighted by molar-refractivity contribution is -0.168. The first kappa shape index (κ1) is 24.2. The second-order valence-corrected chi connectivity index (χ2v) is 8.15. The van der Waals surface area contributed by atoms with Gasteiger partial charge in [-0.15, -0.1) is 0 Å². The van der Waals surface area contributed by atoms with Gasteiger partial charge in [-0.2, -0.15) is 13.9 Å². The number of carbonyl (C=O) groups is 1. The fourth-order valence-corrected chi connectivity index (χ4v) is 3.23. The van der Waals surface area contributed by atoms with Crippen LogP contribution < -0.4 is 5.32 Å². The van der Waals surface area contributed by atoms with Crippen LogP contribution in [0.1, 0.15) is 21.5 Å². The number of ether oxygens (including phenoxy) is 1. The van der Waals surface area contributed by atoms with E-state index in [2.05, 4.69) is 26.3 Å². The smallest absolute Gasteiger partial charge is 0.330 e. The summed E-state index contributed by atoms with van der Waals surface area (Å²) in [5.41, 5.74) is 1.58. The molecule has 0 aliphatic heterocycles. The van der Waals surface area contributed by atoms with Crippen LogP contribution in [-0.2, 0) is 17.9 Å². The molecular weight excluding hydrogens is 518 g/mol. The van der Waals surface area contributed by atoms with Crippen molar-refractivity contribution in [2.75, 3.05) is 11.9 Å². The van der Waals surface area contributed by atoms with E-state index in [-0.39, 0.29) is 12.2 Å². The average molecular weight is 535 g/mol. The van der Waals surface area contributed by atoms with Crippen molar-refractivity contribution in [1.82, 2.24) is 9.78 Å². The van der Waals surface area contributed by atoms with Crippen molar-refractivity contribution in [3.63, 3.8) is 0 Å². The van der Waals surface area contributed by atoms with Crippen LogP contribution in [0.3, 0.4) is 0 Å². The topological polar surface area (TPSA) is 56.2 Å². The monoisotopic (exact) mass is 533 g/mol. The molecule has 1 N–H and O–H groups in total. The molecule has 0 unspecified atom stereocenters. The highest BCUT2D eigenvalue weighted by Gasteiger charge is 2.40. The Hall–Kier alpha value is -2.43. The van der Waals surface area contributed by atoms with Gasteiger partial charge in [0.1, 0.15) is 6.61 Å². The van der Waals surface area contributed by atoms with Gasteiger partial charge in [0, 0.05) is 16.8 Å². The standard InChI is InChI=1S/C21H17BrClF4N3O2/c22-17-10-30(9-13-4-6-16(23)7-5-13)29-18(17)28-19(31)15-3-1-2-14(8-15)11-32-12-21(26,27)20(24)25/h1-8,10,20H,9,11-12H2,(H,28,29,31). The Morgan fingerprint density at radius 1 is 1.19 bits per heavy atom. The lowest BCUT2D eigenvalue weighted by atomic mass is 10.1. The zero-order valence-corrected chi connectivity index (χ0v) is 18.7. The maximum atomic E-state index is 12.9. The van der Waals surface area contributed by atoms with E-state index in [0.717, 1.165) is 5.56 Å². The summed E-state index contributed by atoms with van der Waals surface area (Å²) in [6, 6.07) is 13.3. The summed E-state index contributed by atoms with van der Waals surface area (Å²) in [6.07, 6.45) is -2.10. The van der Waals surface area contributed by atoms with E-state index < -0.39 is 24.9 Å². The highest BCUT2D eigenvalue weighted by molar-refractivity contribution is 9.10. The summed E-state index contributed by atoms with van der Waals surface area (Å²) in [4.78, 5) is 12.6. The molecule has 0 aliphatic carbocycles. The molecule has 1 heterocycles. The summed E-state index contributed by atoms with van der Waals surface area (Å²) in [6.45, 7) is -1.30. The van der Waals surface area contributed by atoms with Gasteiger partial charge in [0.25, 0.3) is 5.91 Å². The molecule has 0 atom stereocenters. The molecule has 1 aromatic heterocycles. The van der Waals surface area contributed by atoms with Crippen LogP contribution in [0.5, 0.6) is 0 Å². The molecule has 0 bridgehead atoms. The van der Waals surface area contributed by atoms with Crippen LogP contribution in [0, 0.1) is 0 Å². The number of alkyl halides is 4. The van der Waals surface area contributed by atoms with Crippen LogP contribution >= 0.6 is 27.5 Å². The molecule has 170 valence electrons. The van der Waals surface area contributed by atoms with Crippen molar-refractivity contribution < 1.29 is 27.1 Å². The van der Waals surface area contributed by atoms with Crippen molar-refractivity contribution in [1.29, 1.82) is 0 Å². The van der Waals surface area contributed by atoms with Gasteiger partial charge in [-0.1, -0.05) is 35.9 Å². The Bertz CT molecular complexity index is 1080. The quantitative estimate of drug-likeness (QED) is 0.342. The highest BCUT2D eigenvalue weighted by Crippen LogP contribution is 2.24. The number of carbonyl (C=O) groups excluding carboxylic acids is 1. The van der Waals surface area contributed by atoms with Gasteiger partial charge in [0.05, 0.1) is 17.6 Å². The minimum Gasteiger partial charge on any atom is -0.370 e. The maximum Gasteiger partial charge on any atom is 0.330 e. The maximum absolute atomic E-state index is 12.9. The molecule has 0 radical (unpaired) electrons. The number of nitrogens with one attached hydrogen (secondary N) is 1. The summed E-state index contributed by atoms with van der Waals surface area (Å²) in [7, 11) is 0. The molecule has 1 amide bonds. The van der Waals surface area contributed by atoms with Crippen LogP contribution in [-0.4, -0.2) is 34.6 Å². The third-order valence-electron chi connectivity index (χ3n) is 4.28. The van der Waals surface area contributed by atoms with Crippen molar-refractivity contribution in [3.8, 4) is 0 Å². The molecule has 2 aromatic carbocycles. The predicted octanol–water partition coefficient (Wildman–Crippen LogP) is 6.02. The molecule has 11 heteroatoms. The summed E-state index contributed by atoms with van der Waals surface area (Å²) >= 11 is 9.23. The molecular formula is C21H17BrClF4N3O2. The van der Waals surface area contributed by atoms with Gasteiger partial charge in [-0.25, -0.2) is 8.78 Å². The van der Waals surface area contributed by atoms with Gasteiger partial charge in [0.15, 0.2) is 5.82 Å². The van der Waals surface area contributed by atoms with Crippen molar-refractivity contribution in [2.24, 2.45) is 0 Å².